The smallest absolute Gasteiger partial charge is 0.229 e. The number of carbonyl (C=O) groups is 1. The SMILES string of the molecule is CCS(=O)(=O)NC[C@@H]1[C@H](F)CN1C(=O)[C@H]1C[C@]1(F)c1ccc(F)cc1-c1ccccc1Cl. The van der Waals surface area contributed by atoms with E-state index in [4.69, 9.17) is 11.6 Å². The van der Waals surface area contributed by atoms with Crippen molar-refractivity contribution in [1.82, 2.24) is 9.62 Å². The molecule has 1 amide bonds. The van der Waals surface area contributed by atoms with Gasteiger partial charge in [0.25, 0.3) is 0 Å². The first-order valence-electron chi connectivity index (χ1n) is 10.2. The number of alkyl halides is 2. The number of amides is 1. The third kappa shape index (κ3) is 4.13. The molecular weight excluding hydrogens is 465 g/mol. The Hall–Kier alpha value is -2.10. The van der Waals surface area contributed by atoms with E-state index < -0.39 is 45.5 Å². The molecule has 1 saturated heterocycles. The third-order valence-electron chi connectivity index (χ3n) is 6.15. The summed E-state index contributed by atoms with van der Waals surface area (Å²) in [4.78, 5) is 14.1. The fourth-order valence-corrected chi connectivity index (χ4v) is 4.97. The van der Waals surface area contributed by atoms with E-state index in [-0.39, 0.29) is 36.4 Å². The van der Waals surface area contributed by atoms with E-state index >= 15 is 4.39 Å². The molecule has 0 aromatic heterocycles. The molecule has 2 aliphatic rings. The average molecular weight is 487 g/mol. The van der Waals surface area contributed by atoms with Crippen LogP contribution in [0.25, 0.3) is 11.1 Å². The minimum Gasteiger partial charge on any atom is -0.332 e. The first kappa shape index (κ1) is 23.1. The summed E-state index contributed by atoms with van der Waals surface area (Å²) >= 11 is 6.24. The standard InChI is InChI=1S/C22H22ClF3N2O3S/c1-2-32(30,31)27-11-20-19(25)12-28(20)21(29)17-10-22(17,26)16-8-7-13(24)9-15(16)14-5-3-4-6-18(14)23/h3-9,17,19-20,27H,2,10-12H2,1H3/t17-,19-,20-,22+/m1/s1. The molecular formula is C22H22ClF3N2O3S. The molecule has 172 valence electrons. The molecule has 0 radical (unpaired) electrons. The van der Waals surface area contributed by atoms with Gasteiger partial charge >= 0.3 is 0 Å². The zero-order valence-electron chi connectivity index (χ0n) is 17.2. The molecule has 4 rings (SSSR count). The Bertz CT molecular complexity index is 1160. The first-order chi connectivity index (χ1) is 15.1. The van der Waals surface area contributed by atoms with Crippen LogP contribution in [0.5, 0.6) is 0 Å². The molecule has 10 heteroatoms. The number of benzene rings is 2. The van der Waals surface area contributed by atoms with Crippen LogP contribution in [-0.4, -0.2) is 50.3 Å². The molecule has 4 atom stereocenters. The second kappa shape index (κ2) is 8.35. The lowest BCUT2D eigenvalue weighted by molar-refractivity contribution is -0.147. The van der Waals surface area contributed by atoms with Crippen LogP contribution >= 0.6 is 11.6 Å². The fourth-order valence-electron chi connectivity index (χ4n) is 4.11. The quantitative estimate of drug-likeness (QED) is 0.647. The van der Waals surface area contributed by atoms with Gasteiger partial charge in [-0.1, -0.05) is 35.9 Å². The van der Waals surface area contributed by atoms with Gasteiger partial charge in [0.2, 0.25) is 15.9 Å². The van der Waals surface area contributed by atoms with Crippen molar-refractivity contribution in [2.75, 3.05) is 18.8 Å². The van der Waals surface area contributed by atoms with Crippen LogP contribution < -0.4 is 4.72 Å². The van der Waals surface area contributed by atoms with E-state index in [9.17, 15) is 22.0 Å². The van der Waals surface area contributed by atoms with Gasteiger partial charge in [-0.05, 0) is 36.2 Å². The van der Waals surface area contributed by atoms with E-state index in [0.29, 0.717) is 10.6 Å². The van der Waals surface area contributed by atoms with Crippen molar-refractivity contribution < 1.29 is 26.4 Å². The summed E-state index contributed by atoms with van der Waals surface area (Å²) in [5.41, 5.74) is -1.20. The molecule has 0 spiro atoms. The zero-order chi connectivity index (χ0) is 23.3. The summed E-state index contributed by atoms with van der Waals surface area (Å²) < 4.78 is 69.5. The maximum Gasteiger partial charge on any atom is 0.229 e. The second-order valence-electron chi connectivity index (χ2n) is 8.11. The van der Waals surface area contributed by atoms with Crippen LogP contribution in [0.2, 0.25) is 5.02 Å². The van der Waals surface area contributed by atoms with Gasteiger partial charge in [0.05, 0.1) is 24.3 Å². The Morgan fingerprint density at radius 1 is 1.25 bits per heavy atom. The topological polar surface area (TPSA) is 66.5 Å². The molecule has 0 unspecified atom stereocenters. The molecule has 2 aromatic carbocycles. The predicted octanol–water partition coefficient (Wildman–Crippen LogP) is 3.82. The molecule has 2 aromatic rings. The number of likely N-dealkylation sites (tertiary alicyclic amines) is 1. The monoisotopic (exact) mass is 486 g/mol. The normalized spacial score (nSPS) is 27.2. The number of nitrogens with one attached hydrogen (secondary N) is 1. The van der Waals surface area contributed by atoms with Gasteiger partial charge < -0.3 is 4.90 Å². The lowest BCUT2D eigenvalue weighted by atomic mass is 9.93. The molecule has 5 nitrogen and oxygen atoms in total. The summed E-state index contributed by atoms with van der Waals surface area (Å²) in [6, 6.07) is 9.27. The maximum absolute atomic E-state index is 15.9. The van der Waals surface area contributed by atoms with Crippen molar-refractivity contribution in [3.8, 4) is 11.1 Å². The molecule has 1 aliphatic carbocycles. The second-order valence-corrected chi connectivity index (χ2v) is 10.6. The zero-order valence-corrected chi connectivity index (χ0v) is 18.8. The first-order valence-corrected chi connectivity index (χ1v) is 12.3. The Morgan fingerprint density at radius 3 is 2.62 bits per heavy atom. The maximum atomic E-state index is 15.9. The third-order valence-corrected chi connectivity index (χ3v) is 7.85. The van der Waals surface area contributed by atoms with Crippen molar-refractivity contribution in [2.24, 2.45) is 5.92 Å². The van der Waals surface area contributed by atoms with Gasteiger partial charge in [-0.15, -0.1) is 0 Å². The Labute approximate surface area is 189 Å². The molecule has 1 N–H and O–H groups in total. The number of hydrogen-bond donors (Lipinski definition) is 1. The van der Waals surface area contributed by atoms with E-state index in [1.807, 2.05) is 0 Å². The van der Waals surface area contributed by atoms with Crippen LogP contribution in [0.4, 0.5) is 13.2 Å². The summed E-state index contributed by atoms with van der Waals surface area (Å²) in [5.74, 6) is -2.39. The molecule has 1 saturated carbocycles. The van der Waals surface area contributed by atoms with Crippen LogP contribution in [0.15, 0.2) is 42.5 Å². The van der Waals surface area contributed by atoms with Gasteiger partial charge in [-0.25, -0.2) is 26.3 Å². The minimum atomic E-state index is -3.55. The molecule has 2 fully saturated rings. The average Bonchev–Trinajstić information content (AvgIpc) is 3.44. The van der Waals surface area contributed by atoms with Crippen molar-refractivity contribution >= 4 is 27.5 Å². The molecule has 1 aliphatic heterocycles. The Kier molecular flexibility index (Phi) is 6.02. The predicted molar refractivity (Wildman–Crippen MR) is 116 cm³/mol. The summed E-state index contributed by atoms with van der Waals surface area (Å²) in [7, 11) is -3.55. The molecule has 0 bridgehead atoms. The van der Waals surface area contributed by atoms with Crippen LogP contribution in [0.1, 0.15) is 18.9 Å². The number of hydrogen-bond acceptors (Lipinski definition) is 3. The van der Waals surface area contributed by atoms with Gasteiger partial charge in [0.15, 0.2) is 0 Å². The Morgan fingerprint density at radius 2 is 1.97 bits per heavy atom. The van der Waals surface area contributed by atoms with Crippen LogP contribution in [0.3, 0.4) is 0 Å². The van der Waals surface area contributed by atoms with Gasteiger partial charge in [-0.2, -0.15) is 0 Å². The lowest BCUT2D eigenvalue weighted by Gasteiger charge is -2.44. The number of rotatable bonds is 7. The highest BCUT2D eigenvalue weighted by atomic mass is 35.5. The number of sulfonamides is 1. The molecule has 32 heavy (non-hydrogen) atoms. The fraction of sp³-hybridized carbons (Fsp3) is 0.409. The van der Waals surface area contributed by atoms with Crippen molar-refractivity contribution in [1.29, 1.82) is 0 Å². The number of nitrogens with zero attached hydrogens (tertiary/aromatic N) is 1. The number of carbonyl (C=O) groups excluding carboxylic acids is 1. The lowest BCUT2D eigenvalue weighted by Crippen LogP contribution is -2.64. The summed E-state index contributed by atoms with van der Waals surface area (Å²) in [6.07, 6.45) is -1.52. The minimum absolute atomic E-state index is 0.129. The van der Waals surface area contributed by atoms with Gasteiger partial charge in [-0.3, -0.25) is 4.79 Å². The Balaban J connectivity index is 1.56. The van der Waals surface area contributed by atoms with Crippen molar-refractivity contribution in [2.45, 2.75) is 31.2 Å². The largest absolute Gasteiger partial charge is 0.332 e. The van der Waals surface area contributed by atoms with E-state index in [2.05, 4.69) is 4.72 Å². The summed E-state index contributed by atoms with van der Waals surface area (Å²) in [6.45, 7) is 0.959. The highest BCUT2D eigenvalue weighted by Gasteiger charge is 2.64. The van der Waals surface area contributed by atoms with Crippen LogP contribution in [-0.2, 0) is 20.5 Å². The van der Waals surface area contributed by atoms with Gasteiger partial charge in [0.1, 0.15) is 17.7 Å². The van der Waals surface area contributed by atoms with Crippen molar-refractivity contribution in [3.05, 3.63) is 58.9 Å². The number of halogens is 4. The van der Waals surface area contributed by atoms with E-state index in [1.54, 1.807) is 24.3 Å². The van der Waals surface area contributed by atoms with Crippen LogP contribution in [0, 0.1) is 11.7 Å². The van der Waals surface area contributed by atoms with Crippen molar-refractivity contribution in [3.63, 3.8) is 0 Å². The highest BCUT2D eigenvalue weighted by molar-refractivity contribution is 7.89. The summed E-state index contributed by atoms with van der Waals surface area (Å²) in [5, 5.41) is 0.317. The molecule has 1 heterocycles. The highest BCUT2D eigenvalue weighted by Crippen LogP contribution is 2.59. The van der Waals surface area contributed by atoms with E-state index in [1.165, 1.54) is 24.0 Å². The van der Waals surface area contributed by atoms with Gasteiger partial charge in [0, 0.05) is 23.6 Å². The van der Waals surface area contributed by atoms with E-state index in [0.717, 1.165) is 6.07 Å².